The molecule has 1 aromatic heterocycles. The Hall–Kier alpha value is -2.08. The summed E-state index contributed by atoms with van der Waals surface area (Å²) in [6.07, 6.45) is 1.61. The van der Waals surface area contributed by atoms with Crippen molar-refractivity contribution in [1.29, 1.82) is 0 Å². The summed E-state index contributed by atoms with van der Waals surface area (Å²) in [7, 11) is 0. The zero-order valence-electron chi connectivity index (χ0n) is 10.9. The van der Waals surface area contributed by atoms with Crippen LogP contribution in [0.5, 0.6) is 0 Å². The van der Waals surface area contributed by atoms with Crippen molar-refractivity contribution in [3.05, 3.63) is 47.9 Å². The van der Waals surface area contributed by atoms with Crippen LogP contribution in [-0.2, 0) is 4.79 Å². The summed E-state index contributed by atoms with van der Waals surface area (Å²) in [6, 6.07) is 7.77. The van der Waals surface area contributed by atoms with Gasteiger partial charge in [0.15, 0.2) is 0 Å². The fourth-order valence-corrected chi connectivity index (χ4v) is 2.20. The van der Waals surface area contributed by atoms with Crippen LogP contribution in [0.1, 0.15) is 5.56 Å². The molecule has 1 aromatic carbocycles. The number of nitrogen functional groups attached to an aromatic ring is 1. The van der Waals surface area contributed by atoms with E-state index in [1.165, 1.54) is 23.9 Å². The van der Waals surface area contributed by atoms with Crippen molar-refractivity contribution in [2.75, 3.05) is 16.8 Å². The van der Waals surface area contributed by atoms with Gasteiger partial charge in [0.05, 0.1) is 5.75 Å². The molecule has 0 saturated heterocycles. The monoisotopic (exact) mass is 291 g/mol. The molecule has 0 aliphatic carbocycles. The van der Waals surface area contributed by atoms with Crippen LogP contribution in [0.3, 0.4) is 0 Å². The van der Waals surface area contributed by atoms with E-state index >= 15 is 0 Å². The highest BCUT2D eigenvalue weighted by Crippen LogP contribution is 2.19. The lowest BCUT2D eigenvalue weighted by Gasteiger charge is -2.08. The molecule has 20 heavy (non-hydrogen) atoms. The summed E-state index contributed by atoms with van der Waals surface area (Å²) in [4.78, 5) is 16.6. The third-order valence-electron chi connectivity index (χ3n) is 2.60. The van der Waals surface area contributed by atoms with Crippen molar-refractivity contribution >= 4 is 29.2 Å². The SMILES string of the molecule is Cc1ccc(F)cc1NC(=O)CSc1ccc(N)nc1. The second-order valence-electron chi connectivity index (χ2n) is 4.21. The number of carbonyl (C=O) groups excluding carboxylic acids is 1. The highest BCUT2D eigenvalue weighted by Gasteiger charge is 2.07. The number of thioether (sulfide) groups is 1. The van der Waals surface area contributed by atoms with Gasteiger partial charge < -0.3 is 11.1 Å². The predicted molar refractivity (Wildman–Crippen MR) is 79.1 cm³/mol. The molecule has 2 rings (SSSR count). The normalized spacial score (nSPS) is 10.3. The summed E-state index contributed by atoms with van der Waals surface area (Å²) in [5.74, 6) is 0.0951. The first-order valence-corrected chi connectivity index (χ1v) is 6.93. The molecular weight excluding hydrogens is 277 g/mol. The van der Waals surface area contributed by atoms with Gasteiger partial charge in [0.2, 0.25) is 5.91 Å². The lowest BCUT2D eigenvalue weighted by atomic mass is 10.2. The lowest BCUT2D eigenvalue weighted by Crippen LogP contribution is -2.15. The molecule has 1 amide bonds. The van der Waals surface area contributed by atoms with E-state index in [4.69, 9.17) is 5.73 Å². The van der Waals surface area contributed by atoms with E-state index in [9.17, 15) is 9.18 Å². The van der Waals surface area contributed by atoms with E-state index in [1.807, 2.05) is 6.92 Å². The maximum Gasteiger partial charge on any atom is 0.234 e. The summed E-state index contributed by atoms with van der Waals surface area (Å²) in [5.41, 5.74) is 6.79. The number of nitrogens with two attached hydrogens (primary N) is 1. The van der Waals surface area contributed by atoms with Gasteiger partial charge >= 0.3 is 0 Å². The molecular formula is C14H14FN3OS. The van der Waals surface area contributed by atoms with Crippen molar-refractivity contribution in [3.8, 4) is 0 Å². The molecule has 104 valence electrons. The largest absolute Gasteiger partial charge is 0.384 e. The van der Waals surface area contributed by atoms with Gasteiger partial charge in [-0.1, -0.05) is 6.07 Å². The van der Waals surface area contributed by atoms with E-state index in [1.54, 1.807) is 24.4 Å². The van der Waals surface area contributed by atoms with Gasteiger partial charge in [-0.25, -0.2) is 9.37 Å². The van der Waals surface area contributed by atoms with Crippen LogP contribution in [0.4, 0.5) is 15.9 Å². The fraction of sp³-hybridized carbons (Fsp3) is 0.143. The zero-order valence-corrected chi connectivity index (χ0v) is 11.7. The molecule has 0 saturated carbocycles. The van der Waals surface area contributed by atoms with E-state index in [2.05, 4.69) is 10.3 Å². The average molecular weight is 291 g/mol. The standard InChI is InChI=1S/C14H14FN3OS/c1-9-2-3-10(15)6-12(9)18-14(19)8-20-11-4-5-13(16)17-7-11/h2-7H,8H2,1H3,(H2,16,17)(H,18,19). The van der Waals surface area contributed by atoms with Crippen LogP contribution in [0.25, 0.3) is 0 Å². The Morgan fingerprint density at radius 1 is 1.40 bits per heavy atom. The number of amides is 1. The summed E-state index contributed by atoms with van der Waals surface area (Å²) in [6.45, 7) is 1.81. The molecule has 0 fully saturated rings. The fourth-order valence-electron chi connectivity index (χ4n) is 1.54. The van der Waals surface area contributed by atoms with Gasteiger partial charge in [-0.3, -0.25) is 4.79 Å². The third kappa shape index (κ3) is 3.96. The Morgan fingerprint density at radius 3 is 2.90 bits per heavy atom. The third-order valence-corrected chi connectivity index (χ3v) is 3.58. The first-order valence-electron chi connectivity index (χ1n) is 5.95. The molecule has 4 nitrogen and oxygen atoms in total. The van der Waals surface area contributed by atoms with Crippen molar-refractivity contribution in [2.24, 2.45) is 0 Å². The molecule has 0 aliphatic rings. The van der Waals surface area contributed by atoms with Crippen LogP contribution in [0.2, 0.25) is 0 Å². The van der Waals surface area contributed by atoms with E-state index in [0.717, 1.165) is 10.5 Å². The van der Waals surface area contributed by atoms with Gasteiger partial charge in [0, 0.05) is 16.8 Å². The summed E-state index contributed by atoms with van der Waals surface area (Å²) in [5, 5.41) is 2.69. The Morgan fingerprint density at radius 2 is 2.20 bits per heavy atom. The molecule has 0 bridgehead atoms. The maximum absolute atomic E-state index is 13.1. The van der Waals surface area contributed by atoms with Crippen LogP contribution in [0.15, 0.2) is 41.4 Å². The molecule has 3 N–H and O–H groups in total. The molecule has 6 heteroatoms. The number of benzene rings is 1. The number of nitrogens with one attached hydrogen (secondary N) is 1. The van der Waals surface area contributed by atoms with Crippen molar-refractivity contribution < 1.29 is 9.18 Å². The summed E-state index contributed by atoms with van der Waals surface area (Å²) >= 11 is 1.34. The van der Waals surface area contributed by atoms with Gasteiger partial charge in [-0.15, -0.1) is 11.8 Å². The smallest absolute Gasteiger partial charge is 0.234 e. The Kier molecular flexibility index (Phi) is 4.57. The van der Waals surface area contributed by atoms with E-state index in [-0.39, 0.29) is 17.5 Å². The number of rotatable bonds is 4. The van der Waals surface area contributed by atoms with Crippen molar-refractivity contribution in [2.45, 2.75) is 11.8 Å². The zero-order chi connectivity index (χ0) is 14.5. The molecule has 0 unspecified atom stereocenters. The second kappa shape index (κ2) is 6.38. The highest BCUT2D eigenvalue weighted by molar-refractivity contribution is 8.00. The van der Waals surface area contributed by atoms with Gasteiger partial charge in [-0.05, 0) is 36.8 Å². The molecule has 0 spiro atoms. The van der Waals surface area contributed by atoms with E-state index in [0.29, 0.717) is 11.5 Å². The Balaban J connectivity index is 1.92. The first kappa shape index (κ1) is 14.3. The molecule has 1 heterocycles. The van der Waals surface area contributed by atoms with Gasteiger partial charge in [0.1, 0.15) is 11.6 Å². The number of aromatic nitrogens is 1. The van der Waals surface area contributed by atoms with Crippen molar-refractivity contribution in [3.63, 3.8) is 0 Å². The minimum atomic E-state index is -0.374. The van der Waals surface area contributed by atoms with Crippen molar-refractivity contribution in [1.82, 2.24) is 4.98 Å². The molecule has 0 atom stereocenters. The topological polar surface area (TPSA) is 68.0 Å². The minimum Gasteiger partial charge on any atom is -0.384 e. The minimum absolute atomic E-state index is 0.194. The summed E-state index contributed by atoms with van der Waals surface area (Å²) < 4.78 is 13.1. The number of pyridine rings is 1. The van der Waals surface area contributed by atoms with Crippen LogP contribution >= 0.6 is 11.8 Å². The molecule has 0 radical (unpaired) electrons. The first-order chi connectivity index (χ1) is 9.54. The van der Waals surface area contributed by atoms with E-state index < -0.39 is 0 Å². The Bertz CT molecular complexity index is 616. The molecule has 0 aliphatic heterocycles. The number of aryl methyl sites for hydroxylation is 1. The predicted octanol–water partition coefficient (Wildman–Crippen LogP) is 2.84. The maximum atomic E-state index is 13.1. The number of carbonyl (C=O) groups is 1. The van der Waals surface area contributed by atoms with Gasteiger partial charge in [0.25, 0.3) is 0 Å². The highest BCUT2D eigenvalue weighted by atomic mass is 32.2. The quantitative estimate of drug-likeness (QED) is 0.850. The van der Waals surface area contributed by atoms with Crippen LogP contribution in [-0.4, -0.2) is 16.6 Å². The number of hydrogen-bond donors (Lipinski definition) is 2. The van der Waals surface area contributed by atoms with Gasteiger partial charge in [-0.2, -0.15) is 0 Å². The number of anilines is 2. The number of nitrogens with zero attached hydrogens (tertiary/aromatic N) is 1. The van der Waals surface area contributed by atoms with Crippen LogP contribution in [0, 0.1) is 12.7 Å². The number of hydrogen-bond acceptors (Lipinski definition) is 4. The lowest BCUT2D eigenvalue weighted by molar-refractivity contribution is -0.113. The second-order valence-corrected chi connectivity index (χ2v) is 5.26. The molecule has 2 aromatic rings. The number of halogens is 1. The van der Waals surface area contributed by atoms with Crippen LogP contribution < -0.4 is 11.1 Å². The average Bonchev–Trinajstić information content (AvgIpc) is 2.42. The Labute approximate surface area is 120 Å².